The lowest BCUT2D eigenvalue weighted by Crippen LogP contribution is -2.31. The van der Waals surface area contributed by atoms with Crippen LogP contribution in [-0.4, -0.2) is 56.0 Å². The number of hydrogen-bond acceptors (Lipinski definition) is 7. The first kappa shape index (κ1) is 17.2. The van der Waals surface area contributed by atoms with Gasteiger partial charge in [-0.25, -0.2) is 0 Å². The zero-order valence-corrected chi connectivity index (χ0v) is 13.0. The average molecular weight is 297 g/mol. The third kappa shape index (κ3) is 6.40. The summed E-state index contributed by atoms with van der Waals surface area (Å²) in [5, 5.41) is 0. The molecule has 0 bridgehead atoms. The molecule has 0 aromatic carbocycles. The van der Waals surface area contributed by atoms with Crippen molar-refractivity contribution in [1.82, 2.24) is 9.97 Å². The number of esters is 1. The van der Waals surface area contributed by atoms with Gasteiger partial charge in [0.25, 0.3) is 0 Å². The molecule has 118 valence electrons. The van der Waals surface area contributed by atoms with Crippen LogP contribution in [0, 0.1) is 0 Å². The maximum atomic E-state index is 11.3. The van der Waals surface area contributed by atoms with Crippen molar-refractivity contribution in [3.8, 4) is 5.88 Å². The zero-order valence-electron chi connectivity index (χ0n) is 13.0. The Labute approximate surface area is 125 Å². The van der Waals surface area contributed by atoms with E-state index in [-0.39, 0.29) is 18.5 Å². The number of carbonyl (C=O) groups excluding carboxylic acids is 1. The minimum Gasteiger partial charge on any atom is -0.474 e. The van der Waals surface area contributed by atoms with Crippen LogP contribution in [0.1, 0.15) is 20.3 Å². The highest BCUT2D eigenvalue weighted by atomic mass is 16.5. The van der Waals surface area contributed by atoms with Crippen molar-refractivity contribution >= 4 is 11.8 Å². The fraction of sp³-hybridized carbons (Fsp3) is 0.643. The molecule has 0 fully saturated rings. The second-order valence-electron chi connectivity index (χ2n) is 4.69. The number of rotatable bonds is 9. The summed E-state index contributed by atoms with van der Waals surface area (Å²) in [6.07, 6.45) is 3.51. The van der Waals surface area contributed by atoms with E-state index in [4.69, 9.17) is 9.47 Å². The quantitative estimate of drug-likeness (QED) is 0.636. The summed E-state index contributed by atoms with van der Waals surface area (Å²) >= 11 is 0. The molecule has 1 rings (SSSR count). The summed E-state index contributed by atoms with van der Waals surface area (Å²) in [5.74, 6) is 0.844. The molecule has 1 aromatic rings. The normalized spacial score (nSPS) is 10.5. The number of aromatic nitrogens is 2. The topological polar surface area (TPSA) is 73.8 Å². The molecule has 21 heavy (non-hydrogen) atoms. The van der Waals surface area contributed by atoms with Crippen molar-refractivity contribution in [2.75, 3.05) is 38.8 Å². The summed E-state index contributed by atoms with van der Waals surface area (Å²) in [5.41, 5.74) is 0. The summed E-state index contributed by atoms with van der Waals surface area (Å²) in [4.78, 5) is 21.7. The Morgan fingerprint density at radius 2 is 2.05 bits per heavy atom. The van der Waals surface area contributed by atoms with E-state index < -0.39 is 0 Å². The van der Waals surface area contributed by atoms with E-state index in [1.54, 1.807) is 19.5 Å². The highest BCUT2D eigenvalue weighted by Crippen LogP contribution is 2.15. The number of nitrogens with zero attached hydrogens (tertiary/aromatic N) is 3. The molecule has 7 nitrogen and oxygen atoms in total. The van der Waals surface area contributed by atoms with Gasteiger partial charge in [-0.2, -0.15) is 4.98 Å². The predicted molar refractivity (Wildman–Crippen MR) is 78.5 cm³/mol. The van der Waals surface area contributed by atoms with Gasteiger partial charge in [-0.1, -0.05) is 0 Å². The summed E-state index contributed by atoms with van der Waals surface area (Å²) in [7, 11) is 3.00. The van der Waals surface area contributed by atoms with Crippen LogP contribution in [-0.2, 0) is 14.3 Å². The molecule has 0 amide bonds. The molecule has 0 spiro atoms. The number of hydrogen-bond donors (Lipinski definition) is 0. The van der Waals surface area contributed by atoms with Gasteiger partial charge in [0.1, 0.15) is 0 Å². The monoisotopic (exact) mass is 297 g/mol. The predicted octanol–water partition coefficient (Wildman–Crippen LogP) is 1.28. The van der Waals surface area contributed by atoms with Gasteiger partial charge < -0.3 is 19.1 Å². The lowest BCUT2D eigenvalue weighted by Gasteiger charge is -2.23. The van der Waals surface area contributed by atoms with Crippen LogP contribution >= 0.6 is 0 Å². The van der Waals surface area contributed by atoms with Crippen LogP contribution < -0.4 is 9.64 Å². The summed E-state index contributed by atoms with van der Waals surface area (Å²) in [6, 6.07) is 0. The van der Waals surface area contributed by atoms with Gasteiger partial charge in [0.05, 0.1) is 38.6 Å². The van der Waals surface area contributed by atoms with Gasteiger partial charge in [-0.15, -0.1) is 0 Å². The molecule has 1 heterocycles. The van der Waals surface area contributed by atoms with Crippen LogP contribution in [0.4, 0.5) is 5.82 Å². The fourth-order valence-corrected chi connectivity index (χ4v) is 1.66. The molecule has 0 radical (unpaired) electrons. The van der Waals surface area contributed by atoms with Crippen LogP contribution in [0.2, 0.25) is 0 Å². The molecule has 0 aliphatic rings. The third-order valence-electron chi connectivity index (χ3n) is 2.66. The molecule has 7 heteroatoms. The van der Waals surface area contributed by atoms with Crippen LogP contribution in [0.25, 0.3) is 0 Å². The smallest absolute Gasteiger partial charge is 0.307 e. The average Bonchev–Trinajstić information content (AvgIpc) is 2.46. The Morgan fingerprint density at radius 1 is 1.29 bits per heavy atom. The van der Waals surface area contributed by atoms with E-state index in [0.717, 1.165) is 0 Å². The van der Waals surface area contributed by atoms with Gasteiger partial charge in [-0.3, -0.25) is 9.78 Å². The van der Waals surface area contributed by atoms with E-state index in [0.29, 0.717) is 31.4 Å². The molecular formula is C14H23N3O4. The Bertz CT molecular complexity index is 440. The first-order valence-corrected chi connectivity index (χ1v) is 6.86. The van der Waals surface area contributed by atoms with Crippen molar-refractivity contribution in [2.24, 2.45) is 0 Å². The number of carbonyl (C=O) groups is 1. The van der Waals surface area contributed by atoms with Gasteiger partial charge in [0, 0.05) is 20.2 Å². The van der Waals surface area contributed by atoms with E-state index in [2.05, 4.69) is 14.7 Å². The Kier molecular flexibility index (Phi) is 7.45. The highest BCUT2D eigenvalue weighted by Gasteiger charge is 2.12. The number of anilines is 1. The fourth-order valence-electron chi connectivity index (χ4n) is 1.66. The largest absolute Gasteiger partial charge is 0.474 e. The van der Waals surface area contributed by atoms with Gasteiger partial charge >= 0.3 is 5.97 Å². The maximum absolute atomic E-state index is 11.3. The zero-order chi connectivity index (χ0) is 15.7. The van der Waals surface area contributed by atoms with Crippen molar-refractivity contribution in [3.63, 3.8) is 0 Å². The lowest BCUT2D eigenvalue weighted by molar-refractivity contribution is -0.140. The van der Waals surface area contributed by atoms with Crippen molar-refractivity contribution in [1.29, 1.82) is 0 Å². The number of methoxy groups -OCH3 is 2. The summed E-state index contributed by atoms with van der Waals surface area (Å²) in [6.45, 7) is 5.46. The molecule has 0 unspecified atom stereocenters. The van der Waals surface area contributed by atoms with Crippen molar-refractivity contribution < 1.29 is 19.0 Å². The van der Waals surface area contributed by atoms with E-state index in [1.165, 1.54) is 7.11 Å². The molecule has 0 N–H and O–H groups in total. The van der Waals surface area contributed by atoms with Gasteiger partial charge in [-0.05, 0) is 13.8 Å². The minimum absolute atomic E-state index is 0.0250. The van der Waals surface area contributed by atoms with E-state index in [1.807, 2.05) is 18.7 Å². The third-order valence-corrected chi connectivity index (χ3v) is 2.66. The van der Waals surface area contributed by atoms with Gasteiger partial charge in [0.2, 0.25) is 5.88 Å². The lowest BCUT2D eigenvalue weighted by atomic mass is 10.3. The molecular weight excluding hydrogens is 274 g/mol. The molecule has 0 atom stereocenters. The molecule has 1 aromatic heterocycles. The summed E-state index contributed by atoms with van der Waals surface area (Å²) < 4.78 is 15.3. The first-order chi connectivity index (χ1) is 10.1. The Hall–Kier alpha value is -1.89. The van der Waals surface area contributed by atoms with Crippen LogP contribution in [0.15, 0.2) is 12.4 Å². The standard InChI is InChI=1S/C14H23N3O4/c1-11(2)21-13-10-15-9-12(16-13)17(7-8-19-3)6-5-14(18)20-4/h9-11H,5-8H2,1-4H3. The first-order valence-electron chi connectivity index (χ1n) is 6.86. The van der Waals surface area contributed by atoms with Crippen LogP contribution in [0.5, 0.6) is 5.88 Å². The highest BCUT2D eigenvalue weighted by molar-refractivity contribution is 5.69. The van der Waals surface area contributed by atoms with E-state index >= 15 is 0 Å². The minimum atomic E-state index is -0.264. The Balaban J connectivity index is 2.78. The van der Waals surface area contributed by atoms with Crippen molar-refractivity contribution in [3.05, 3.63) is 12.4 Å². The second-order valence-corrected chi connectivity index (χ2v) is 4.69. The van der Waals surface area contributed by atoms with Gasteiger partial charge in [0.15, 0.2) is 5.82 Å². The molecule has 0 saturated carbocycles. The molecule has 0 aliphatic heterocycles. The SMILES string of the molecule is COCCN(CCC(=O)OC)c1cncc(OC(C)C)n1. The Morgan fingerprint density at radius 3 is 2.67 bits per heavy atom. The van der Waals surface area contributed by atoms with Crippen LogP contribution in [0.3, 0.4) is 0 Å². The van der Waals surface area contributed by atoms with E-state index in [9.17, 15) is 4.79 Å². The second kappa shape index (κ2) is 9.12. The number of ether oxygens (including phenoxy) is 3. The molecule has 0 saturated heterocycles. The van der Waals surface area contributed by atoms with Crippen molar-refractivity contribution in [2.45, 2.75) is 26.4 Å². The molecule has 0 aliphatic carbocycles. The maximum Gasteiger partial charge on any atom is 0.307 e.